The molecular formula is C12H9F3N2O4. The number of hydrogen-bond donors (Lipinski definition) is 2. The van der Waals surface area contributed by atoms with Crippen LogP contribution in [0.4, 0.5) is 18.9 Å². The second-order valence-electron chi connectivity index (χ2n) is 4.42. The van der Waals surface area contributed by atoms with E-state index < -0.39 is 29.4 Å². The van der Waals surface area contributed by atoms with Gasteiger partial charge in [0.25, 0.3) is 5.69 Å². The van der Waals surface area contributed by atoms with Gasteiger partial charge in [-0.1, -0.05) is 0 Å². The van der Waals surface area contributed by atoms with Crippen LogP contribution in [0.1, 0.15) is 17.9 Å². The second kappa shape index (κ2) is 5.08. The van der Waals surface area contributed by atoms with Gasteiger partial charge in [-0.3, -0.25) is 14.9 Å². The molecular weight excluding hydrogens is 293 g/mol. The predicted molar refractivity (Wildman–Crippen MR) is 66.0 cm³/mol. The van der Waals surface area contributed by atoms with E-state index in [0.717, 1.165) is 18.3 Å². The molecule has 9 heteroatoms. The molecule has 0 saturated heterocycles. The highest BCUT2D eigenvalue weighted by Gasteiger charge is 2.43. The van der Waals surface area contributed by atoms with Gasteiger partial charge in [0, 0.05) is 29.2 Å². The minimum absolute atomic E-state index is 0.00669. The molecule has 21 heavy (non-hydrogen) atoms. The van der Waals surface area contributed by atoms with Gasteiger partial charge < -0.3 is 10.1 Å². The minimum Gasteiger partial charge on any atom is -0.481 e. The number of nitrogens with zero attached hydrogens (tertiary/aromatic N) is 1. The first kappa shape index (κ1) is 14.8. The van der Waals surface area contributed by atoms with Gasteiger partial charge in [0.1, 0.15) is 0 Å². The van der Waals surface area contributed by atoms with Gasteiger partial charge in [-0.25, -0.2) is 0 Å². The van der Waals surface area contributed by atoms with E-state index in [1.807, 2.05) is 0 Å². The summed E-state index contributed by atoms with van der Waals surface area (Å²) in [5.74, 6) is -3.83. The number of H-pyrrole nitrogens is 1. The molecule has 1 aromatic heterocycles. The van der Waals surface area contributed by atoms with Crippen LogP contribution >= 0.6 is 0 Å². The van der Waals surface area contributed by atoms with Crippen molar-refractivity contribution in [2.24, 2.45) is 0 Å². The molecule has 0 saturated carbocycles. The summed E-state index contributed by atoms with van der Waals surface area (Å²) in [5.41, 5.74) is -0.404. The third-order valence-electron chi connectivity index (χ3n) is 3.06. The number of aliphatic carboxylic acids is 1. The van der Waals surface area contributed by atoms with Gasteiger partial charge in [-0.05, 0) is 11.6 Å². The number of non-ortho nitro benzene ring substituents is 1. The molecule has 0 bridgehead atoms. The average molecular weight is 302 g/mol. The van der Waals surface area contributed by atoms with Crippen molar-refractivity contribution in [2.45, 2.75) is 18.5 Å². The lowest BCUT2D eigenvalue weighted by Gasteiger charge is -2.18. The Morgan fingerprint density at radius 1 is 1.43 bits per heavy atom. The zero-order valence-corrected chi connectivity index (χ0v) is 10.3. The van der Waals surface area contributed by atoms with Crippen molar-refractivity contribution in [3.05, 3.63) is 40.1 Å². The highest BCUT2D eigenvalue weighted by Crippen LogP contribution is 2.41. The molecule has 1 atom stereocenters. The number of alkyl halides is 3. The van der Waals surface area contributed by atoms with Gasteiger partial charge >= 0.3 is 12.1 Å². The fraction of sp³-hybridized carbons (Fsp3) is 0.250. The SMILES string of the molecule is O=C(O)CC(c1c[nH]c2ccc([N+](=O)[O-])cc12)C(F)(F)F. The van der Waals surface area contributed by atoms with Crippen LogP contribution in [-0.4, -0.2) is 27.2 Å². The van der Waals surface area contributed by atoms with Crippen molar-refractivity contribution in [1.29, 1.82) is 0 Å². The van der Waals surface area contributed by atoms with E-state index in [1.54, 1.807) is 0 Å². The molecule has 2 aromatic rings. The van der Waals surface area contributed by atoms with Crippen molar-refractivity contribution < 1.29 is 28.0 Å². The van der Waals surface area contributed by atoms with E-state index >= 15 is 0 Å². The summed E-state index contributed by atoms with van der Waals surface area (Å²) in [6, 6.07) is 3.44. The van der Waals surface area contributed by atoms with E-state index in [-0.39, 0.29) is 22.2 Å². The Labute approximate surface area is 115 Å². The smallest absolute Gasteiger partial charge is 0.396 e. The summed E-state index contributed by atoms with van der Waals surface area (Å²) in [6.45, 7) is 0. The third kappa shape index (κ3) is 2.96. The van der Waals surface area contributed by atoms with E-state index in [0.29, 0.717) is 0 Å². The number of carbonyl (C=O) groups is 1. The first-order valence-electron chi connectivity index (χ1n) is 5.74. The Morgan fingerprint density at radius 3 is 2.62 bits per heavy atom. The van der Waals surface area contributed by atoms with Crippen LogP contribution in [0.3, 0.4) is 0 Å². The number of carboxylic acid groups (broad SMARTS) is 1. The number of halogens is 3. The molecule has 0 aliphatic rings. The quantitative estimate of drug-likeness (QED) is 0.669. The van der Waals surface area contributed by atoms with E-state index in [9.17, 15) is 28.1 Å². The number of carboxylic acids is 1. The van der Waals surface area contributed by atoms with Gasteiger partial charge in [0.15, 0.2) is 0 Å². The molecule has 2 rings (SSSR count). The molecule has 0 aliphatic heterocycles. The molecule has 6 nitrogen and oxygen atoms in total. The third-order valence-corrected chi connectivity index (χ3v) is 3.06. The van der Waals surface area contributed by atoms with Crippen LogP contribution < -0.4 is 0 Å². The van der Waals surface area contributed by atoms with Gasteiger partial charge in [0.2, 0.25) is 0 Å². The van der Waals surface area contributed by atoms with Gasteiger partial charge in [-0.2, -0.15) is 13.2 Å². The summed E-state index contributed by atoms with van der Waals surface area (Å²) >= 11 is 0. The zero-order chi connectivity index (χ0) is 15.8. The molecule has 0 amide bonds. The van der Waals surface area contributed by atoms with Crippen LogP contribution in [0.15, 0.2) is 24.4 Å². The zero-order valence-electron chi connectivity index (χ0n) is 10.3. The number of aromatic nitrogens is 1. The van der Waals surface area contributed by atoms with Crippen molar-refractivity contribution in [2.75, 3.05) is 0 Å². The lowest BCUT2D eigenvalue weighted by Crippen LogP contribution is -2.23. The Morgan fingerprint density at radius 2 is 2.10 bits per heavy atom. The number of nitro benzene ring substituents is 1. The number of nitro groups is 1. The average Bonchev–Trinajstić information content (AvgIpc) is 2.76. The lowest BCUT2D eigenvalue weighted by molar-refractivity contribution is -0.384. The Balaban J connectivity index is 2.59. The normalized spacial score (nSPS) is 13.3. The topological polar surface area (TPSA) is 96.2 Å². The molecule has 0 spiro atoms. The maximum absolute atomic E-state index is 13.0. The van der Waals surface area contributed by atoms with E-state index in [1.165, 1.54) is 6.07 Å². The largest absolute Gasteiger partial charge is 0.481 e. The van der Waals surface area contributed by atoms with Crippen molar-refractivity contribution in [1.82, 2.24) is 4.98 Å². The number of rotatable bonds is 4. The van der Waals surface area contributed by atoms with E-state index in [4.69, 9.17) is 5.11 Å². The fourth-order valence-electron chi connectivity index (χ4n) is 2.11. The number of nitrogens with one attached hydrogen (secondary N) is 1. The Bertz CT molecular complexity index is 708. The second-order valence-corrected chi connectivity index (χ2v) is 4.42. The molecule has 1 heterocycles. The van der Waals surface area contributed by atoms with Crippen LogP contribution in [0.2, 0.25) is 0 Å². The van der Waals surface area contributed by atoms with Crippen LogP contribution in [0.5, 0.6) is 0 Å². The Hall–Kier alpha value is -2.58. The van der Waals surface area contributed by atoms with Gasteiger partial charge in [0.05, 0.1) is 17.3 Å². The summed E-state index contributed by atoms with van der Waals surface area (Å²) in [4.78, 5) is 23.2. The Kier molecular flexibility index (Phi) is 3.58. The molecule has 0 aliphatic carbocycles. The van der Waals surface area contributed by atoms with Crippen LogP contribution in [0, 0.1) is 10.1 Å². The van der Waals surface area contributed by atoms with Gasteiger partial charge in [-0.15, -0.1) is 0 Å². The number of benzene rings is 1. The fourth-order valence-corrected chi connectivity index (χ4v) is 2.11. The maximum Gasteiger partial charge on any atom is 0.396 e. The minimum atomic E-state index is -4.77. The number of hydrogen-bond acceptors (Lipinski definition) is 3. The lowest BCUT2D eigenvalue weighted by atomic mass is 9.94. The summed E-state index contributed by atoms with van der Waals surface area (Å²) in [7, 11) is 0. The molecule has 112 valence electrons. The molecule has 2 N–H and O–H groups in total. The van der Waals surface area contributed by atoms with Crippen molar-refractivity contribution >= 4 is 22.6 Å². The highest BCUT2D eigenvalue weighted by atomic mass is 19.4. The van der Waals surface area contributed by atoms with Crippen LogP contribution in [0.25, 0.3) is 10.9 Å². The number of aromatic amines is 1. The maximum atomic E-state index is 13.0. The molecule has 1 aromatic carbocycles. The highest BCUT2D eigenvalue weighted by molar-refractivity contribution is 5.86. The van der Waals surface area contributed by atoms with E-state index in [2.05, 4.69) is 4.98 Å². The molecule has 1 unspecified atom stereocenters. The first-order valence-corrected chi connectivity index (χ1v) is 5.74. The van der Waals surface area contributed by atoms with Crippen LogP contribution in [-0.2, 0) is 4.79 Å². The summed E-state index contributed by atoms with van der Waals surface area (Å²) < 4.78 is 39.1. The monoisotopic (exact) mass is 302 g/mol. The first-order chi connectivity index (χ1) is 9.70. The van der Waals surface area contributed by atoms with Crippen molar-refractivity contribution in [3.8, 4) is 0 Å². The van der Waals surface area contributed by atoms with Crippen molar-refractivity contribution in [3.63, 3.8) is 0 Å². The summed E-state index contributed by atoms with van der Waals surface area (Å²) in [6.07, 6.45) is -4.87. The molecule has 0 fully saturated rings. The summed E-state index contributed by atoms with van der Waals surface area (Å²) in [5, 5.41) is 19.3. The predicted octanol–water partition coefficient (Wildman–Crippen LogP) is 3.20. The standard InChI is InChI=1S/C12H9F3N2O4/c13-12(14,15)9(4-11(18)19)8-5-16-10-2-1-6(17(20)21)3-7(8)10/h1-3,5,9,16H,4H2,(H,18,19). The number of fused-ring (bicyclic) bond motifs is 1. The molecule has 0 radical (unpaired) electrons.